The van der Waals surface area contributed by atoms with E-state index in [0.717, 1.165) is 12.8 Å². The Labute approximate surface area is 89.2 Å². The van der Waals surface area contributed by atoms with E-state index in [0.29, 0.717) is 5.92 Å². The van der Waals surface area contributed by atoms with E-state index in [4.69, 9.17) is 5.26 Å². The summed E-state index contributed by atoms with van der Waals surface area (Å²) in [6.45, 7) is 7.55. The standard InChI is InChI=1S/C10H18N2OS/c1-9(2,3)14(13)12-10(4,7-11)8-5-6-8/h8,12H,5-6H2,1-4H3/t10?,14-/m0/s1. The van der Waals surface area contributed by atoms with Crippen LogP contribution >= 0.6 is 0 Å². The SMILES string of the molecule is CC(C#N)(N[S@@+]([O-])C(C)(C)C)C1CC1. The lowest BCUT2D eigenvalue weighted by atomic mass is 10.0. The van der Waals surface area contributed by atoms with Crippen LogP contribution in [0.5, 0.6) is 0 Å². The van der Waals surface area contributed by atoms with Crippen LogP contribution in [-0.4, -0.2) is 14.8 Å². The van der Waals surface area contributed by atoms with Gasteiger partial charge in [-0.15, -0.1) is 4.72 Å². The average Bonchev–Trinajstić information content (AvgIpc) is 2.84. The molecule has 14 heavy (non-hydrogen) atoms. The Bertz CT molecular complexity index is 252. The molecule has 1 aliphatic carbocycles. The van der Waals surface area contributed by atoms with E-state index in [1.807, 2.05) is 27.7 Å². The summed E-state index contributed by atoms with van der Waals surface area (Å²) in [5.74, 6) is 0.374. The summed E-state index contributed by atoms with van der Waals surface area (Å²) in [5.41, 5.74) is -0.613. The van der Waals surface area contributed by atoms with Gasteiger partial charge in [-0.2, -0.15) is 5.26 Å². The second kappa shape index (κ2) is 3.73. The van der Waals surface area contributed by atoms with E-state index in [1.165, 1.54) is 0 Å². The van der Waals surface area contributed by atoms with Crippen LogP contribution in [-0.2, 0) is 11.4 Å². The van der Waals surface area contributed by atoms with Gasteiger partial charge < -0.3 is 4.55 Å². The van der Waals surface area contributed by atoms with Crippen molar-refractivity contribution < 1.29 is 4.55 Å². The van der Waals surface area contributed by atoms with Gasteiger partial charge in [-0.3, -0.25) is 0 Å². The van der Waals surface area contributed by atoms with Gasteiger partial charge in [0.2, 0.25) is 0 Å². The molecule has 0 saturated heterocycles. The highest BCUT2D eigenvalue weighted by atomic mass is 32.2. The third kappa shape index (κ3) is 2.63. The zero-order valence-corrected chi connectivity index (χ0v) is 10.1. The first-order valence-corrected chi connectivity index (χ1v) is 6.05. The predicted octanol–water partition coefficient (Wildman–Crippen LogP) is 1.73. The molecule has 1 rings (SSSR count). The molecule has 3 nitrogen and oxygen atoms in total. The highest BCUT2D eigenvalue weighted by Gasteiger charge is 2.46. The van der Waals surface area contributed by atoms with Gasteiger partial charge in [-0.05, 0) is 46.5 Å². The van der Waals surface area contributed by atoms with Crippen LogP contribution in [0.25, 0.3) is 0 Å². The molecule has 0 aromatic rings. The van der Waals surface area contributed by atoms with Crippen molar-refractivity contribution in [2.45, 2.75) is 50.8 Å². The monoisotopic (exact) mass is 214 g/mol. The molecule has 0 heterocycles. The minimum Gasteiger partial charge on any atom is -0.598 e. The minimum atomic E-state index is -1.16. The van der Waals surface area contributed by atoms with Crippen molar-refractivity contribution in [2.75, 3.05) is 0 Å². The van der Waals surface area contributed by atoms with Crippen LogP contribution in [0, 0.1) is 17.2 Å². The Kier molecular flexibility index (Phi) is 3.15. The van der Waals surface area contributed by atoms with E-state index in [2.05, 4.69) is 10.8 Å². The molecule has 0 spiro atoms. The molecule has 2 atom stereocenters. The molecule has 0 bridgehead atoms. The second-order valence-corrected chi connectivity index (χ2v) is 7.04. The van der Waals surface area contributed by atoms with Gasteiger partial charge in [0.05, 0.1) is 6.07 Å². The Morgan fingerprint density at radius 3 is 2.14 bits per heavy atom. The fraction of sp³-hybridized carbons (Fsp3) is 0.900. The molecule has 0 aromatic carbocycles. The summed E-state index contributed by atoms with van der Waals surface area (Å²) in [6.07, 6.45) is 2.14. The van der Waals surface area contributed by atoms with Gasteiger partial charge in [-0.1, -0.05) is 0 Å². The molecule has 0 radical (unpaired) electrons. The maximum Gasteiger partial charge on any atom is 0.149 e. The Balaban J connectivity index is 2.62. The van der Waals surface area contributed by atoms with Crippen molar-refractivity contribution in [3.63, 3.8) is 0 Å². The van der Waals surface area contributed by atoms with Crippen molar-refractivity contribution in [1.29, 1.82) is 5.26 Å². The Morgan fingerprint density at radius 1 is 1.36 bits per heavy atom. The van der Waals surface area contributed by atoms with E-state index >= 15 is 0 Å². The van der Waals surface area contributed by atoms with E-state index in [9.17, 15) is 4.55 Å². The molecule has 0 amide bonds. The molecule has 0 aliphatic heterocycles. The fourth-order valence-corrected chi connectivity index (χ4v) is 2.11. The smallest absolute Gasteiger partial charge is 0.149 e. The maximum absolute atomic E-state index is 11.8. The molecule has 1 N–H and O–H groups in total. The summed E-state index contributed by atoms with van der Waals surface area (Å²) in [5, 5.41) is 9.06. The first-order chi connectivity index (χ1) is 6.29. The van der Waals surface area contributed by atoms with Crippen molar-refractivity contribution in [3.05, 3.63) is 0 Å². The molecule has 80 valence electrons. The highest BCUT2D eigenvalue weighted by Crippen LogP contribution is 2.40. The van der Waals surface area contributed by atoms with Crippen molar-refractivity contribution in [1.82, 2.24) is 4.72 Å². The van der Waals surface area contributed by atoms with Gasteiger partial charge >= 0.3 is 0 Å². The van der Waals surface area contributed by atoms with Crippen LogP contribution in [0.2, 0.25) is 0 Å². The number of nitrogens with zero attached hydrogens (tertiary/aromatic N) is 1. The van der Waals surface area contributed by atoms with Crippen LogP contribution in [0.3, 0.4) is 0 Å². The third-order valence-corrected chi connectivity index (χ3v) is 4.21. The summed E-state index contributed by atoms with van der Waals surface area (Å²) < 4.78 is 14.5. The summed E-state index contributed by atoms with van der Waals surface area (Å²) in [4.78, 5) is 0. The number of hydrogen-bond donors (Lipinski definition) is 1. The zero-order valence-electron chi connectivity index (χ0n) is 9.26. The van der Waals surface area contributed by atoms with Crippen LogP contribution in [0.15, 0.2) is 0 Å². The number of nitriles is 1. The van der Waals surface area contributed by atoms with Gasteiger partial charge in [-0.25, -0.2) is 0 Å². The van der Waals surface area contributed by atoms with Crippen molar-refractivity contribution >= 4 is 11.4 Å². The van der Waals surface area contributed by atoms with Crippen LogP contribution in [0.1, 0.15) is 40.5 Å². The third-order valence-electron chi connectivity index (χ3n) is 2.49. The lowest BCUT2D eigenvalue weighted by Gasteiger charge is -2.30. The lowest BCUT2D eigenvalue weighted by molar-refractivity contribution is 0.446. The first kappa shape index (κ1) is 11.8. The first-order valence-electron chi connectivity index (χ1n) is 4.90. The fourth-order valence-electron chi connectivity index (χ4n) is 1.20. The van der Waals surface area contributed by atoms with Gasteiger partial charge in [0.1, 0.15) is 10.3 Å². The summed E-state index contributed by atoms with van der Waals surface area (Å²) in [7, 11) is 0. The number of hydrogen-bond acceptors (Lipinski definition) is 3. The molecule has 1 fully saturated rings. The molecule has 4 heteroatoms. The molecular formula is C10H18N2OS. The predicted molar refractivity (Wildman–Crippen MR) is 57.8 cm³/mol. The van der Waals surface area contributed by atoms with Gasteiger partial charge in [0.15, 0.2) is 0 Å². The molecular weight excluding hydrogens is 196 g/mol. The second-order valence-electron chi connectivity index (χ2n) is 5.07. The highest BCUT2D eigenvalue weighted by molar-refractivity contribution is 7.90. The molecule has 1 unspecified atom stereocenters. The van der Waals surface area contributed by atoms with E-state index in [1.54, 1.807) is 0 Å². The van der Waals surface area contributed by atoms with Crippen LogP contribution in [0.4, 0.5) is 0 Å². The summed E-state index contributed by atoms with van der Waals surface area (Å²) >= 11 is -1.16. The zero-order chi connectivity index (χ0) is 11.0. The molecule has 1 aliphatic rings. The topological polar surface area (TPSA) is 58.9 Å². The van der Waals surface area contributed by atoms with Crippen molar-refractivity contribution in [2.24, 2.45) is 5.92 Å². The van der Waals surface area contributed by atoms with Crippen molar-refractivity contribution in [3.8, 4) is 6.07 Å². The van der Waals surface area contributed by atoms with E-state index < -0.39 is 16.9 Å². The normalized spacial score (nSPS) is 23.7. The average molecular weight is 214 g/mol. The summed E-state index contributed by atoms with van der Waals surface area (Å²) in [6, 6.07) is 2.24. The maximum atomic E-state index is 11.8. The van der Waals surface area contributed by atoms with Crippen LogP contribution < -0.4 is 4.72 Å². The largest absolute Gasteiger partial charge is 0.598 e. The van der Waals surface area contributed by atoms with Gasteiger partial charge in [0.25, 0.3) is 0 Å². The molecule has 1 saturated carbocycles. The number of rotatable bonds is 3. The van der Waals surface area contributed by atoms with E-state index in [-0.39, 0.29) is 4.75 Å². The Hall–Kier alpha value is -0.240. The molecule has 0 aromatic heterocycles. The number of nitrogens with one attached hydrogen (secondary N) is 1. The van der Waals surface area contributed by atoms with Gasteiger partial charge in [0, 0.05) is 11.4 Å². The Morgan fingerprint density at radius 2 is 1.86 bits per heavy atom. The lowest BCUT2D eigenvalue weighted by Crippen LogP contribution is -2.52. The quantitative estimate of drug-likeness (QED) is 0.728. The minimum absolute atomic E-state index is 0.312.